The van der Waals surface area contributed by atoms with Gasteiger partial charge >= 0.3 is 5.97 Å². The van der Waals surface area contributed by atoms with E-state index in [1.807, 2.05) is 0 Å². The molecule has 96 valence electrons. The molecule has 0 bridgehead atoms. The van der Waals surface area contributed by atoms with Crippen molar-refractivity contribution in [3.63, 3.8) is 0 Å². The smallest absolute Gasteiger partial charge is 0.321 e. The first-order chi connectivity index (χ1) is 8.16. The van der Waals surface area contributed by atoms with Crippen molar-refractivity contribution in [1.82, 2.24) is 4.90 Å². The molecule has 3 rings (SSSR count). The van der Waals surface area contributed by atoms with Crippen LogP contribution >= 0.6 is 0 Å². The molecule has 0 spiro atoms. The average Bonchev–Trinajstić information content (AvgIpc) is 2.88. The maximum absolute atomic E-state index is 11.6. The Balaban J connectivity index is 1.77. The average molecular weight is 237 g/mol. The van der Waals surface area contributed by atoms with E-state index >= 15 is 0 Å². The monoisotopic (exact) mass is 237 g/mol. The summed E-state index contributed by atoms with van der Waals surface area (Å²) in [6.07, 6.45) is 7.35. The third-order valence-electron chi connectivity index (χ3n) is 5.32. The van der Waals surface area contributed by atoms with E-state index < -0.39 is 5.97 Å². The van der Waals surface area contributed by atoms with E-state index in [2.05, 4.69) is 11.8 Å². The second-order valence-electron chi connectivity index (χ2n) is 6.41. The van der Waals surface area contributed by atoms with E-state index in [0.717, 1.165) is 18.9 Å². The molecule has 1 aliphatic heterocycles. The van der Waals surface area contributed by atoms with Crippen molar-refractivity contribution in [2.24, 2.45) is 17.8 Å². The summed E-state index contributed by atoms with van der Waals surface area (Å²) in [7, 11) is 0. The number of likely N-dealkylation sites (tertiary alicyclic amines) is 1. The molecule has 5 atom stereocenters. The molecule has 0 aromatic heterocycles. The van der Waals surface area contributed by atoms with Crippen LogP contribution in [0.2, 0.25) is 0 Å². The Hall–Kier alpha value is -0.570. The van der Waals surface area contributed by atoms with Gasteiger partial charge in [0.05, 0.1) is 0 Å². The third kappa shape index (κ3) is 1.88. The van der Waals surface area contributed by atoms with Crippen molar-refractivity contribution >= 4 is 5.97 Å². The Labute approximate surface area is 103 Å². The molecule has 3 heteroatoms. The Kier molecular flexibility index (Phi) is 2.89. The zero-order valence-electron chi connectivity index (χ0n) is 10.6. The number of rotatable bonds is 2. The molecule has 3 fully saturated rings. The summed E-state index contributed by atoms with van der Waals surface area (Å²) in [5, 5.41) is 9.52. The van der Waals surface area contributed by atoms with Gasteiger partial charge in [0.15, 0.2) is 0 Å². The first-order valence-electron chi connectivity index (χ1n) is 7.15. The molecule has 5 unspecified atom stereocenters. The second-order valence-corrected chi connectivity index (χ2v) is 6.41. The molecule has 1 heterocycles. The molecule has 1 saturated heterocycles. The quantitative estimate of drug-likeness (QED) is 0.801. The van der Waals surface area contributed by atoms with Gasteiger partial charge in [0.1, 0.15) is 6.04 Å². The van der Waals surface area contributed by atoms with E-state index in [-0.39, 0.29) is 6.04 Å². The molecule has 1 N–H and O–H groups in total. The molecule has 17 heavy (non-hydrogen) atoms. The highest BCUT2D eigenvalue weighted by Gasteiger charge is 2.50. The van der Waals surface area contributed by atoms with Gasteiger partial charge in [0.25, 0.3) is 0 Å². The van der Waals surface area contributed by atoms with Crippen LogP contribution in [0.1, 0.15) is 45.4 Å². The number of aliphatic carboxylic acids is 1. The summed E-state index contributed by atoms with van der Waals surface area (Å²) >= 11 is 0. The van der Waals surface area contributed by atoms with Crippen LogP contribution in [0, 0.1) is 17.8 Å². The Morgan fingerprint density at radius 2 is 2.06 bits per heavy atom. The summed E-state index contributed by atoms with van der Waals surface area (Å²) in [4.78, 5) is 13.9. The molecule has 2 aliphatic carbocycles. The lowest BCUT2D eigenvalue weighted by Crippen LogP contribution is -2.44. The first-order valence-corrected chi connectivity index (χ1v) is 7.15. The lowest BCUT2D eigenvalue weighted by molar-refractivity contribution is -0.144. The van der Waals surface area contributed by atoms with E-state index in [1.165, 1.54) is 32.1 Å². The minimum Gasteiger partial charge on any atom is -0.480 e. The van der Waals surface area contributed by atoms with Crippen molar-refractivity contribution < 1.29 is 9.90 Å². The number of hydrogen-bond donors (Lipinski definition) is 1. The lowest BCUT2D eigenvalue weighted by Gasteiger charge is -2.30. The minimum absolute atomic E-state index is 0.169. The van der Waals surface area contributed by atoms with Crippen molar-refractivity contribution in [3.05, 3.63) is 0 Å². The number of carboxylic acids is 1. The maximum Gasteiger partial charge on any atom is 0.321 e. The zero-order valence-corrected chi connectivity index (χ0v) is 10.6. The standard InChI is InChI=1S/C14H23NO2/c1-9-5-6-11(7-9)15-8-10-3-2-4-12(10)13(15)14(16)17/h9-13H,2-8H2,1H3,(H,16,17). The van der Waals surface area contributed by atoms with Crippen LogP contribution < -0.4 is 0 Å². The van der Waals surface area contributed by atoms with Gasteiger partial charge < -0.3 is 5.11 Å². The number of fused-ring (bicyclic) bond motifs is 1. The zero-order chi connectivity index (χ0) is 12.0. The summed E-state index contributed by atoms with van der Waals surface area (Å²) in [5.41, 5.74) is 0. The molecular weight excluding hydrogens is 214 g/mol. The molecule has 0 radical (unpaired) electrons. The van der Waals surface area contributed by atoms with Gasteiger partial charge in [0.2, 0.25) is 0 Å². The van der Waals surface area contributed by atoms with Crippen LogP contribution in [0.5, 0.6) is 0 Å². The largest absolute Gasteiger partial charge is 0.480 e. The maximum atomic E-state index is 11.6. The van der Waals surface area contributed by atoms with Crippen molar-refractivity contribution in [1.29, 1.82) is 0 Å². The number of carboxylic acid groups (broad SMARTS) is 1. The van der Waals surface area contributed by atoms with Crippen molar-refractivity contribution in [3.8, 4) is 0 Å². The van der Waals surface area contributed by atoms with Crippen LogP contribution in [0.3, 0.4) is 0 Å². The van der Waals surface area contributed by atoms with E-state index in [4.69, 9.17) is 0 Å². The van der Waals surface area contributed by atoms with Gasteiger partial charge in [-0.1, -0.05) is 13.3 Å². The van der Waals surface area contributed by atoms with Gasteiger partial charge in [-0.05, 0) is 49.9 Å². The fourth-order valence-electron chi connectivity index (χ4n) is 4.52. The SMILES string of the molecule is CC1CCC(N2CC3CCCC3C2C(=O)O)C1. The highest BCUT2D eigenvalue weighted by molar-refractivity contribution is 5.74. The highest BCUT2D eigenvalue weighted by Crippen LogP contribution is 2.45. The number of nitrogens with zero attached hydrogens (tertiary/aromatic N) is 1. The van der Waals surface area contributed by atoms with Crippen LogP contribution in [0.25, 0.3) is 0 Å². The Morgan fingerprint density at radius 1 is 1.24 bits per heavy atom. The molecule has 0 aromatic carbocycles. The summed E-state index contributed by atoms with van der Waals surface area (Å²) < 4.78 is 0. The van der Waals surface area contributed by atoms with Gasteiger partial charge in [-0.3, -0.25) is 9.69 Å². The topological polar surface area (TPSA) is 40.5 Å². The fourth-order valence-corrected chi connectivity index (χ4v) is 4.52. The van der Waals surface area contributed by atoms with Crippen LogP contribution in [0.4, 0.5) is 0 Å². The fraction of sp³-hybridized carbons (Fsp3) is 0.929. The Bertz CT molecular complexity index is 317. The summed E-state index contributed by atoms with van der Waals surface area (Å²) in [5.74, 6) is 1.34. The summed E-state index contributed by atoms with van der Waals surface area (Å²) in [6.45, 7) is 3.35. The van der Waals surface area contributed by atoms with Crippen molar-refractivity contribution in [2.45, 2.75) is 57.5 Å². The predicted octanol–water partition coefficient (Wildman–Crippen LogP) is 2.36. The lowest BCUT2D eigenvalue weighted by atomic mass is 9.94. The van der Waals surface area contributed by atoms with Crippen LogP contribution in [0.15, 0.2) is 0 Å². The predicted molar refractivity (Wildman–Crippen MR) is 65.8 cm³/mol. The Morgan fingerprint density at radius 3 is 2.71 bits per heavy atom. The second kappa shape index (κ2) is 4.27. The molecule has 3 nitrogen and oxygen atoms in total. The van der Waals surface area contributed by atoms with E-state index in [0.29, 0.717) is 17.9 Å². The normalized spacial score (nSPS) is 46.3. The molecule has 0 amide bonds. The highest BCUT2D eigenvalue weighted by atomic mass is 16.4. The van der Waals surface area contributed by atoms with E-state index in [9.17, 15) is 9.90 Å². The molecule has 2 saturated carbocycles. The van der Waals surface area contributed by atoms with E-state index in [1.54, 1.807) is 0 Å². The van der Waals surface area contributed by atoms with Gasteiger partial charge in [0, 0.05) is 12.6 Å². The van der Waals surface area contributed by atoms with Gasteiger partial charge in [-0.15, -0.1) is 0 Å². The number of hydrogen-bond acceptors (Lipinski definition) is 2. The third-order valence-corrected chi connectivity index (χ3v) is 5.32. The molecule has 0 aromatic rings. The van der Waals surface area contributed by atoms with Crippen LogP contribution in [-0.4, -0.2) is 34.6 Å². The van der Waals surface area contributed by atoms with Gasteiger partial charge in [-0.2, -0.15) is 0 Å². The van der Waals surface area contributed by atoms with Crippen LogP contribution in [-0.2, 0) is 4.79 Å². The van der Waals surface area contributed by atoms with Crippen molar-refractivity contribution in [2.75, 3.05) is 6.54 Å². The minimum atomic E-state index is -0.570. The van der Waals surface area contributed by atoms with Gasteiger partial charge in [-0.25, -0.2) is 0 Å². The molecular formula is C14H23NO2. The number of carbonyl (C=O) groups is 1. The molecule has 3 aliphatic rings. The first kappa shape index (κ1) is 11.5. The summed E-state index contributed by atoms with van der Waals surface area (Å²) in [6, 6.07) is 0.384.